The molecule has 1 amide bonds. The molecule has 2 N–H and O–H groups in total. The lowest BCUT2D eigenvalue weighted by molar-refractivity contribution is -0.130. The van der Waals surface area contributed by atoms with Gasteiger partial charge >= 0.3 is 0 Å². The molecule has 4 atom stereocenters. The van der Waals surface area contributed by atoms with E-state index >= 15 is 0 Å². The molecule has 2 aromatic carbocycles. The highest BCUT2D eigenvalue weighted by atomic mass is 16.5. The molecule has 0 radical (unpaired) electrons. The molecule has 146 valence electrons. The Bertz CT molecular complexity index is 856. The van der Waals surface area contributed by atoms with E-state index in [1.165, 1.54) is 30.6 Å². The van der Waals surface area contributed by atoms with Crippen LogP contribution in [0.1, 0.15) is 35.8 Å². The molecule has 0 aromatic heterocycles. The van der Waals surface area contributed by atoms with E-state index in [2.05, 4.69) is 46.2 Å². The van der Waals surface area contributed by atoms with Crippen LogP contribution in [0.15, 0.2) is 54.6 Å². The number of hydrogen-bond donors (Lipinski definition) is 2. The number of carbonyl (C=O) groups excluding carboxylic acids is 1. The molecule has 3 fully saturated rings. The van der Waals surface area contributed by atoms with Gasteiger partial charge in [-0.2, -0.15) is 0 Å². The number of benzene rings is 2. The Balaban J connectivity index is 1.40. The van der Waals surface area contributed by atoms with Gasteiger partial charge in [-0.25, -0.2) is 5.48 Å². The molecule has 0 spiro atoms. The fourth-order valence-electron chi connectivity index (χ4n) is 5.37. The molecule has 2 saturated heterocycles. The van der Waals surface area contributed by atoms with Crippen LogP contribution in [0.3, 0.4) is 0 Å². The van der Waals surface area contributed by atoms with Gasteiger partial charge in [0, 0.05) is 43.2 Å². The fraction of sp³-hybridized carbons (Fsp3) is 0.435. The summed E-state index contributed by atoms with van der Waals surface area (Å²) in [6.45, 7) is 4.54. The standard InChI is InChI=1S/C23H27N3O2/c27-23(24-28)22-20(16-6-2-1-3-7-16)21(22)17-8-4-9-18(14-17)26-13-12-25-11-5-10-19(25)15-26/h1-4,6-9,14,19-22,28H,5,10-13,15H2,(H,24,27)/t19?,20-,21-,22-/m1/s1. The summed E-state index contributed by atoms with van der Waals surface area (Å²) < 4.78 is 0. The Hall–Kier alpha value is -2.37. The van der Waals surface area contributed by atoms with E-state index in [0.29, 0.717) is 6.04 Å². The zero-order valence-corrected chi connectivity index (χ0v) is 16.0. The summed E-state index contributed by atoms with van der Waals surface area (Å²) in [6.07, 6.45) is 2.62. The Morgan fingerprint density at radius 1 is 0.964 bits per heavy atom. The average molecular weight is 377 g/mol. The minimum Gasteiger partial charge on any atom is -0.369 e. The first-order valence-electron chi connectivity index (χ1n) is 10.3. The van der Waals surface area contributed by atoms with Gasteiger partial charge in [-0.15, -0.1) is 0 Å². The van der Waals surface area contributed by atoms with Crippen molar-refractivity contribution in [2.75, 3.05) is 31.1 Å². The Morgan fingerprint density at radius 2 is 1.75 bits per heavy atom. The molecule has 0 bridgehead atoms. The number of fused-ring (bicyclic) bond motifs is 1. The molecule has 3 aliphatic rings. The van der Waals surface area contributed by atoms with Gasteiger partial charge in [0.1, 0.15) is 0 Å². The number of carbonyl (C=O) groups is 1. The van der Waals surface area contributed by atoms with Crippen molar-refractivity contribution >= 4 is 11.6 Å². The van der Waals surface area contributed by atoms with E-state index in [9.17, 15) is 10.0 Å². The van der Waals surface area contributed by atoms with Crippen LogP contribution in [0.4, 0.5) is 5.69 Å². The first kappa shape index (κ1) is 17.7. The van der Waals surface area contributed by atoms with E-state index in [1.54, 1.807) is 0 Å². The third kappa shape index (κ3) is 3.09. The van der Waals surface area contributed by atoms with Gasteiger partial charge in [0.25, 0.3) is 0 Å². The zero-order valence-electron chi connectivity index (χ0n) is 16.0. The molecular weight excluding hydrogens is 350 g/mol. The first-order chi connectivity index (χ1) is 13.8. The lowest BCUT2D eigenvalue weighted by Gasteiger charge is -2.39. The van der Waals surface area contributed by atoms with E-state index in [-0.39, 0.29) is 23.7 Å². The largest absolute Gasteiger partial charge is 0.369 e. The van der Waals surface area contributed by atoms with E-state index in [1.807, 2.05) is 23.7 Å². The maximum Gasteiger partial charge on any atom is 0.247 e. The number of hydrogen-bond acceptors (Lipinski definition) is 4. The topological polar surface area (TPSA) is 55.8 Å². The lowest BCUT2D eigenvalue weighted by atomic mass is 10.0. The van der Waals surface area contributed by atoms with Crippen LogP contribution in [0, 0.1) is 5.92 Å². The van der Waals surface area contributed by atoms with E-state index < -0.39 is 0 Å². The Morgan fingerprint density at radius 3 is 2.57 bits per heavy atom. The van der Waals surface area contributed by atoms with Gasteiger partial charge in [-0.05, 0) is 42.6 Å². The van der Waals surface area contributed by atoms with Gasteiger partial charge in [-0.1, -0.05) is 42.5 Å². The van der Waals surface area contributed by atoms with Gasteiger partial charge in [0.15, 0.2) is 0 Å². The second kappa shape index (κ2) is 7.22. The molecular formula is C23H27N3O2. The molecule has 2 aromatic rings. The third-order valence-corrected chi connectivity index (χ3v) is 6.82. The van der Waals surface area contributed by atoms with Crippen molar-refractivity contribution in [2.24, 2.45) is 5.92 Å². The lowest BCUT2D eigenvalue weighted by Crippen LogP contribution is -2.50. The minimum atomic E-state index is -0.288. The fourth-order valence-corrected chi connectivity index (χ4v) is 5.37. The zero-order chi connectivity index (χ0) is 19.1. The first-order valence-corrected chi connectivity index (χ1v) is 10.3. The molecule has 1 saturated carbocycles. The van der Waals surface area contributed by atoms with Crippen molar-refractivity contribution in [3.63, 3.8) is 0 Å². The summed E-state index contributed by atoms with van der Waals surface area (Å²) in [5.41, 5.74) is 5.48. The highest BCUT2D eigenvalue weighted by molar-refractivity contribution is 5.84. The SMILES string of the molecule is O=C(NO)[C@@H]1[C@H](c2ccccc2)[C@H]1c1cccc(N2CCN3CCCC3C2)c1. The van der Waals surface area contributed by atoms with Gasteiger partial charge < -0.3 is 4.90 Å². The summed E-state index contributed by atoms with van der Waals surface area (Å²) >= 11 is 0. The second-order valence-electron chi connectivity index (χ2n) is 8.34. The predicted molar refractivity (Wildman–Crippen MR) is 109 cm³/mol. The molecule has 28 heavy (non-hydrogen) atoms. The molecule has 1 aliphatic carbocycles. The number of amides is 1. The molecule has 2 heterocycles. The molecule has 5 heteroatoms. The van der Waals surface area contributed by atoms with Crippen molar-refractivity contribution in [3.05, 3.63) is 65.7 Å². The van der Waals surface area contributed by atoms with E-state index in [0.717, 1.165) is 25.2 Å². The van der Waals surface area contributed by atoms with Crippen molar-refractivity contribution in [3.8, 4) is 0 Å². The van der Waals surface area contributed by atoms with Crippen LogP contribution in [-0.2, 0) is 4.79 Å². The molecule has 5 nitrogen and oxygen atoms in total. The van der Waals surface area contributed by atoms with Gasteiger partial charge in [0.05, 0.1) is 5.92 Å². The highest BCUT2D eigenvalue weighted by Gasteiger charge is 2.56. The van der Waals surface area contributed by atoms with Crippen LogP contribution < -0.4 is 10.4 Å². The number of hydroxylamine groups is 1. The number of piperazine rings is 1. The third-order valence-electron chi connectivity index (χ3n) is 6.82. The molecule has 5 rings (SSSR count). The summed E-state index contributed by atoms with van der Waals surface area (Å²) in [7, 11) is 0. The van der Waals surface area contributed by atoms with Crippen molar-refractivity contribution in [1.29, 1.82) is 0 Å². The Kier molecular flexibility index (Phi) is 4.57. The smallest absolute Gasteiger partial charge is 0.247 e. The van der Waals surface area contributed by atoms with Crippen molar-refractivity contribution in [2.45, 2.75) is 30.7 Å². The average Bonchev–Trinajstić information content (AvgIpc) is 3.33. The maximum absolute atomic E-state index is 12.3. The van der Waals surface area contributed by atoms with Crippen LogP contribution in [0.25, 0.3) is 0 Å². The van der Waals surface area contributed by atoms with E-state index in [4.69, 9.17) is 0 Å². The van der Waals surface area contributed by atoms with Crippen molar-refractivity contribution < 1.29 is 10.0 Å². The van der Waals surface area contributed by atoms with Crippen molar-refractivity contribution in [1.82, 2.24) is 10.4 Å². The van der Waals surface area contributed by atoms with Crippen LogP contribution in [0.5, 0.6) is 0 Å². The monoisotopic (exact) mass is 377 g/mol. The number of rotatable bonds is 4. The van der Waals surface area contributed by atoms with Gasteiger partial charge in [-0.3, -0.25) is 14.9 Å². The molecule has 1 unspecified atom stereocenters. The van der Waals surface area contributed by atoms with Gasteiger partial charge in [0.2, 0.25) is 5.91 Å². The van der Waals surface area contributed by atoms with Crippen LogP contribution in [-0.4, -0.2) is 48.2 Å². The highest BCUT2D eigenvalue weighted by Crippen LogP contribution is 2.60. The second-order valence-corrected chi connectivity index (χ2v) is 8.34. The maximum atomic E-state index is 12.3. The summed E-state index contributed by atoms with van der Waals surface area (Å²) in [5, 5.41) is 9.21. The minimum absolute atomic E-state index is 0.113. The van der Waals surface area contributed by atoms with Crippen LogP contribution >= 0.6 is 0 Å². The van der Waals surface area contributed by atoms with Crippen LogP contribution in [0.2, 0.25) is 0 Å². The molecule has 2 aliphatic heterocycles. The number of nitrogens with zero attached hydrogens (tertiary/aromatic N) is 2. The summed E-state index contributed by atoms with van der Waals surface area (Å²) in [4.78, 5) is 17.4. The predicted octanol–water partition coefficient (Wildman–Crippen LogP) is 2.97. The summed E-state index contributed by atoms with van der Waals surface area (Å²) in [6, 6.07) is 19.5. The Labute approximate surface area is 165 Å². The quantitative estimate of drug-likeness (QED) is 0.635. The summed E-state index contributed by atoms with van der Waals surface area (Å²) in [5.74, 6) is -0.268. The number of nitrogens with one attached hydrogen (secondary N) is 1. The number of anilines is 1. The normalized spacial score (nSPS) is 29.4.